The average Bonchev–Trinajstić information content (AvgIpc) is 2.98. The Morgan fingerprint density at radius 3 is 2.55 bits per heavy atom. The summed E-state index contributed by atoms with van der Waals surface area (Å²) < 4.78 is 10.2. The number of aromatic amines is 1. The Morgan fingerprint density at radius 1 is 1.09 bits per heavy atom. The van der Waals surface area contributed by atoms with Gasteiger partial charge in [-0.25, -0.2) is 9.78 Å². The van der Waals surface area contributed by atoms with Crippen LogP contribution in [-0.4, -0.2) is 72.2 Å². The SMILES string of the molecule is COCCOC(=O)c1sc2nc(CN3CCCN(Cc4ccccc4)CC3)[nH]c(=O)c2c1C. The van der Waals surface area contributed by atoms with Crippen LogP contribution < -0.4 is 5.56 Å². The standard InChI is InChI=1S/C24H30N4O4S/c1-17-20-22(29)25-19(26-23(20)33-21(17)24(30)32-14-13-31-2)16-28-10-6-9-27(11-12-28)15-18-7-4-3-5-8-18/h3-5,7-8H,6,9-16H2,1-2H3,(H,25,26,29). The molecule has 9 heteroatoms. The summed E-state index contributed by atoms with van der Waals surface area (Å²) >= 11 is 1.21. The van der Waals surface area contributed by atoms with Crippen LogP contribution >= 0.6 is 11.3 Å². The monoisotopic (exact) mass is 470 g/mol. The fourth-order valence-corrected chi connectivity index (χ4v) is 5.23. The van der Waals surface area contributed by atoms with Gasteiger partial charge in [-0.15, -0.1) is 11.3 Å². The molecule has 33 heavy (non-hydrogen) atoms. The molecule has 0 unspecified atom stereocenters. The van der Waals surface area contributed by atoms with E-state index < -0.39 is 5.97 Å². The van der Waals surface area contributed by atoms with Crippen molar-refractivity contribution < 1.29 is 14.3 Å². The summed E-state index contributed by atoms with van der Waals surface area (Å²) in [6, 6.07) is 10.5. The van der Waals surface area contributed by atoms with Crippen LogP contribution in [0.2, 0.25) is 0 Å². The van der Waals surface area contributed by atoms with E-state index in [1.54, 1.807) is 14.0 Å². The van der Waals surface area contributed by atoms with Crippen LogP contribution in [0, 0.1) is 6.92 Å². The van der Waals surface area contributed by atoms with Crippen LogP contribution in [0.5, 0.6) is 0 Å². The highest BCUT2D eigenvalue weighted by atomic mass is 32.1. The van der Waals surface area contributed by atoms with Crippen LogP contribution in [0.4, 0.5) is 0 Å². The lowest BCUT2D eigenvalue weighted by Gasteiger charge is -2.21. The van der Waals surface area contributed by atoms with Gasteiger partial charge in [0.25, 0.3) is 5.56 Å². The maximum Gasteiger partial charge on any atom is 0.348 e. The number of methoxy groups -OCH3 is 1. The highest BCUT2D eigenvalue weighted by Gasteiger charge is 2.21. The predicted molar refractivity (Wildman–Crippen MR) is 129 cm³/mol. The van der Waals surface area contributed by atoms with Crippen LogP contribution in [0.1, 0.15) is 33.0 Å². The normalized spacial score (nSPS) is 15.6. The number of carbonyl (C=O) groups excluding carboxylic acids is 1. The number of aromatic nitrogens is 2. The molecule has 1 aliphatic heterocycles. The van der Waals surface area contributed by atoms with Crippen molar-refractivity contribution in [3.05, 3.63) is 62.5 Å². The second kappa shape index (κ2) is 11.0. The second-order valence-electron chi connectivity index (χ2n) is 8.27. The predicted octanol–water partition coefficient (Wildman–Crippen LogP) is 2.80. The Kier molecular flexibility index (Phi) is 7.87. The van der Waals surface area contributed by atoms with Crippen LogP contribution in [-0.2, 0) is 22.6 Å². The minimum atomic E-state index is -0.445. The fraction of sp³-hybridized carbons (Fsp3) is 0.458. The van der Waals surface area contributed by atoms with Crippen molar-refractivity contribution in [3.8, 4) is 0 Å². The molecule has 1 fully saturated rings. The number of rotatable bonds is 8. The van der Waals surface area contributed by atoms with E-state index in [4.69, 9.17) is 9.47 Å². The van der Waals surface area contributed by atoms with E-state index in [0.29, 0.717) is 39.6 Å². The van der Waals surface area contributed by atoms with Crippen molar-refractivity contribution in [2.45, 2.75) is 26.4 Å². The fourth-order valence-electron chi connectivity index (χ4n) is 4.14. The number of nitrogens with one attached hydrogen (secondary N) is 1. The van der Waals surface area contributed by atoms with Crippen LogP contribution in [0.3, 0.4) is 0 Å². The summed E-state index contributed by atoms with van der Waals surface area (Å²) in [4.78, 5) is 38.6. The number of carbonyl (C=O) groups is 1. The molecule has 0 amide bonds. The molecule has 3 heterocycles. The smallest absolute Gasteiger partial charge is 0.348 e. The number of nitrogens with zero attached hydrogens (tertiary/aromatic N) is 3. The van der Waals surface area contributed by atoms with Gasteiger partial charge in [-0.1, -0.05) is 30.3 Å². The third kappa shape index (κ3) is 5.86. The Labute approximate surface area is 197 Å². The van der Waals surface area contributed by atoms with E-state index in [1.165, 1.54) is 16.9 Å². The highest BCUT2D eigenvalue weighted by molar-refractivity contribution is 7.20. The lowest BCUT2D eigenvalue weighted by molar-refractivity contribution is 0.0393. The van der Waals surface area contributed by atoms with Gasteiger partial charge >= 0.3 is 5.97 Å². The lowest BCUT2D eigenvalue weighted by Crippen LogP contribution is -2.31. The molecule has 0 spiro atoms. The third-order valence-corrected chi connectivity index (χ3v) is 7.02. The number of aryl methyl sites for hydroxylation is 1. The van der Waals surface area contributed by atoms with Gasteiger partial charge < -0.3 is 14.5 Å². The molecule has 1 saturated heterocycles. The first-order valence-electron chi connectivity index (χ1n) is 11.2. The Bertz CT molecular complexity index is 1140. The molecule has 1 aromatic carbocycles. The largest absolute Gasteiger partial charge is 0.459 e. The van der Waals surface area contributed by atoms with Gasteiger partial charge in [0.05, 0.1) is 18.5 Å². The Balaban J connectivity index is 1.43. The van der Waals surface area contributed by atoms with Gasteiger partial charge in [0.15, 0.2) is 0 Å². The van der Waals surface area contributed by atoms with E-state index >= 15 is 0 Å². The number of esters is 1. The molecule has 0 radical (unpaired) electrons. The second-order valence-corrected chi connectivity index (χ2v) is 9.27. The maximum atomic E-state index is 12.8. The molecule has 176 valence electrons. The van der Waals surface area contributed by atoms with Gasteiger partial charge in [0, 0.05) is 26.7 Å². The van der Waals surface area contributed by atoms with Gasteiger partial charge in [0.1, 0.15) is 22.1 Å². The molecule has 2 aromatic heterocycles. The van der Waals surface area contributed by atoms with Crippen molar-refractivity contribution in [1.29, 1.82) is 0 Å². The van der Waals surface area contributed by atoms with E-state index in [0.717, 1.165) is 39.1 Å². The minimum Gasteiger partial charge on any atom is -0.459 e. The first-order chi connectivity index (χ1) is 16.0. The summed E-state index contributed by atoms with van der Waals surface area (Å²) in [6.07, 6.45) is 1.06. The molecule has 4 rings (SSSR count). The topological polar surface area (TPSA) is 87.8 Å². The molecule has 0 saturated carbocycles. The summed E-state index contributed by atoms with van der Waals surface area (Å²) in [5, 5.41) is 0.465. The van der Waals surface area contributed by atoms with Crippen molar-refractivity contribution >= 4 is 27.5 Å². The highest BCUT2D eigenvalue weighted by Crippen LogP contribution is 2.27. The summed E-state index contributed by atoms with van der Waals surface area (Å²) in [5.41, 5.74) is 1.73. The van der Waals surface area contributed by atoms with Gasteiger partial charge in [-0.05, 0) is 37.6 Å². The first-order valence-corrected chi connectivity index (χ1v) is 12.0. The number of fused-ring (bicyclic) bond motifs is 1. The summed E-state index contributed by atoms with van der Waals surface area (Å²) in [5.74, 6) is 0.184. The van der Waals surface area contributed by atoms with E-state index in [-0.39, 0.29) is 12.2 Å². The van der Waals surface area contributed by atoms with E-state index in [9.17, 15) is 9.59 Å². The lowest BCUT2D eigenvalue weighted by atomic mass is 10.2. The van der Waals surface area contributed by atoms with Gasteiger partial charge in [0.2, 0.25) is 0 Å². The number of H-pyrrole nitrogens is 1. The molecular formula is C24H30N4O4S. The van der Waals surface area contributed by atoms with Crippen molar-refractivity contribution in [1.82, 2.24) is 19.8 Å². The van der Waals surface area contributed by atoms with Gasteiger partial charge in [-0.3, -0.25) is 14.6 Å². The van der Waals surface area contributed by atoms with Gasteiger partial charge in [-0.2, -0.15) is 0 Å². The molecule has 1 aliphatic rings. The Hall–Kier alpha value is -2.59. The van der Waals surface area contributed by atoms with Crippen molar-refractivity contribution in [2.24, 2.45) is 0 Å². The van der Waals surface area contributed by atoms with E-state index in [2.05, 4.69) is 44.0 Å². The summed E-state index contributed by atoms with van der Waals surface area (Å²) in [6.45, 7) is 7.68. The molecule has 1 N–H and O–H groups in total. The first kappa shape index (κ1) is 23.6. The quantitative estimate of drug-likeness (QED) is 0.400. The van der Waals surface area contributed by atoms with Crippen LogP contribution in [0.15, 0.2) is 35.1 Å². The minimum absolute atomic E-state index is 0.175. The molecule has 0 bridgehead atoms. The maximum absolute atomic E-state index is 12.8. The molecule has 3 aromatic rings. The van der Waals surface area contributed by atoms with Crippen molar-refractivity contribution in [2.75, 3.05) is 46.5 Å². The van der Waals surface area contributed by atoms with Crippen molar-refractivity contribution in [3.63, 3.8) is 0 Å². The molecule has 0 atom stereocenters. The Morgan fingerprint density at radius 2 is 1.82 bits per heavy atom. The number of hydrogen-bond donors (Lipinski definition) is 1. The van der Waals surface area contributed by atoms with E-state index in [1.807, 2.05) is 6.07 Å². The van der Waals surface area contributed by atoms with Crippen LogP contribution in [0.25, 0.3) is 10.2 Å². The summed E-state index contributed by atoms with van der Waals surface area (Å²) in [7, 11) is 1.55. The molecular weight excluding hydrogens is 440 g/mol. The average molecular weight is 471 g/mol. The molecule has 0 aliphatic carbocycles. The number of ether oxygens (including phenoxy) is 2. The zero-order valence-corrected chi connectivity index (χ0v) is 20.0. The zero-order valence-electron chi connectivity index (χ0n) is 19.1. The molecule has 8 nitrogen and oxygen atoms in total. The number of thiophene rings is 1. The zero-order chi connectivity index (χ0) is 23.2. The number of hydrogen-bond acceptors (Lipinski definition) is 8. The number of benzene rings is 1. The third-order valence-electron chi connectivity index (χ3n) is 5.86.